The summed E-state index contributed by atoms with van der Waals surface area (Å²) in [7, 11) is 3.23. The smallest absolute Gasteiger partial charge is 0.317 e. The second-order valence-electron chi connectivity index (χ2n) is 8.20. The molecular weight excluding hydrogens is 406 g/mol. The molecule has 1 aromatic heterocycles. The van der Waals surface area contributed by atoms with Crippen molar-refractivity contribution in [2.24, 2.45) is 0 Å². The number of nitrogens with zero attached hydrogens (tertiary/aromatic N) is 4. The zero-order valence-electron chi connectivity index (χ0n) is 18.3. The Morgan fingerprint density at radius 1 is 1.00 bits per heavy atom. The molecule has 5 rings (SSSR count). The number of nitrogens with one attached hydrogen (secondary N) is 1. The number of methoxy groups -OCH3 is 2. The molecule has 1 aliphatic heterocycles. The van der Waals surface area contributed by atoms with Crippen LogP contribution in [0, 0.1) is 0 Å². The molecule has 0 bridgehead atoms. The quantitative estimate of drug-likeness (QED) is 0.666. The summed E-state index contributed by atoms with van der Waals surface area (Å²) in [5, 5.41) is 4.11. The minimum atomic E-state index is 0.0204. The van der Waals surface area contributed by atoms with Gasteiger partial charge in [-0.3, -0.25) is 0 Å². The molecule has 1 saturated heterocycles. The van der Waals surface area contributed by atoms with Crippen LogP contribution in [0.5, 0.6) is 11.5 Å². The number of urea groups is 1. The number of aromatic nitrogens is 2. The molecule has 2 amide bonds. The third kappa shape index (κ3) is 3.88. The van der Waals surface area contributed by atoms with Gasteiger partial charge in [0.2, 0.25) is 0 Å². The molecule has 166 valence electrons. The zero-order chi connectivity index (χ0) is 22.1. The molecule has 2 atom stereocenters. The number of rotatable bonds is 5. The lowest BCUT2D eigenvalue weighted by Gasteiger charge is -2.35. The van der Waals surface area contributed by atoms with Gasteiger partial charge < -0.3 is 24.6 Å². The lowest BCUT2D eigenvalue weighted by molar-refractivity contribution is 0.193. The van der Waals surface area contributed by atoms with E-state index in [0.29, 0.717) is 43.6 Å². The van der Waals surface area contributed by atoms with Gasteiger partial charge in [0.15, 0.2) is 11.5 Å². The largest absolute Gasteiger partial charge is 0.493 e. The standard InChI is InChI=1S/C24H27N5O3/c1-31-21-13-18-19(14-22(21)32-2)25-15-26-23(18)28-8-10-29(11-9-28)24(30)27-20-12-17(20)16-6-4-3-5-7-16/h3-7,13-15,17,20H,8-12H2,1-2H3,(H,27,30). The minimum absolute atomic E-state index is 0.0204. The number of ether oxygens (including phenoxy) is 2. The average molecular weight is 434 g/mol. The van der Waals surface area contributed by atoms with Crippen molar-refractivity contribution in [3.63, 3.8) is 0 Å². The molecule has 1 saturated carbocycles. The van der Waals surface area contributed by atoms with E-state index < -0.39 is 0 Å². The molecule has 3 aromatic rings. The fourth-order valence-electron chi connectivity index (χ4n) is 4.42. The van der Waals surface area contributed by atoms with Crippen molar-refractivity contribution in [1.29, 1.82) is 0 Å². The molecule has 32 heavy (non-hydrogen) atoms. The molecule has 2 unspecified atom stereocenters. The van der Waals surface area contributed by atoms with Gasteiger partial charge in [-0.05, 0) is 18.1 Å². The van der Waals surface area contributed by atoms with Crippen LogP contribution in [0.4, 0.5) is 10.6 Å². The summed E-state index contributed by atoms with van der Waals surface area (Å²) in [6, 6.07) is 14.4. The number of benzene rings is 2. The van der Waals surface area contributed by atoms with E-state index in [4.69, 9.17) is 9.47 Å². The lowest BCUT2D eigenvalue weighted by Crippen LogP contribution is -2.52. The molecule has 2 aromatic carbocycles. The molecule has 1 N–H and O–H groups in total. The maximum absolute atomic E-state index is 12.8. The summed E-state index contributed by atoms with van der Waals surface area (Å²) in [6.45, 7) is 2.71. The van der Waals surface area contributed by atoms with Crippen LogP contribution in [0.15, 0.2) is 48.8 Å². The Hall–Kier alpha value is -3.55. The first-order valence-corrected chi connectivity index (χ1v) is 10.9. The van der Waals surface area contributed by atoms with Crippen molar-refractivity contribution >= 4 is 22.8 Å². The SMILES string of the molecule is COc1cc2ncnc(N3CCN(C(=O)NC4CC4c4ccccc4)CC3)c2cc1OC. The topological polar surface area (TPSA) is 79.8 Å². The molecule has 1 aliphatic carbocycles. The highest BCUT2D eigenvalue weighted by atomic mass is 16.5. The van der Waals surface area contributed by atoms with Crippen LogP contribution in [0.25, 0.3) is 10.9 Å². The summed E-state index contributed by atoms with van der Waals surface area (Å²) in [5.41, 5.74) is 2.10. The Balaban J connectivity index is 1.23. The van der Waals surface area contributed by atoms with Crippen LogP contribution in [-0.2, 0) is 0 Å². The molecule has 2 fully saturated rings. The van der Waals surface area contributed by atoms with E-state index in [-0.39, 0.29) is 12.1 Å². The van der Waals surface area contributed by atoms with Gasteiger partial charge in [0.25, 0.3) is 0 Å². The molecule has 8 nitrogen and oxygen atoms in total. The Labute approximate surface area is 187 Å². The first kappa shape index (κ1) is 20.4. The van der Waals surface area contributed by atoms with Crippen LogP contribution in [0.2, 0.25) is 0 Å². The number of hydrogen-bond donors (Lipinski definition) is 1. The van der Waals surface area contributed by atoms with Gasteiger partial charge in [0.05, 0.1) is 19.7 Å². The van der Waals surface area contributed by atoms with Crippen molar-refractivity contribution in [3.05, 3.63) is 54.4 Å². The van der Waals surface area contributed by atoms with Gasteiger partial charge in [-0.2, -0.15) is 0 Å². The van der Waals surface area contributed by atoms with Crippen molar-refractivity contribution in [3.8, 4) is 11.5 Å². The predicted octanol–water partition coefficient (Wildman–Crippen LogP) is 3.03. The second kappa shape index (κ2) is 8.53. The van der Waals surface area contributed by atoms with E-state index >= 15 is 0 Å². The van der Waals surface area contributed by atoms with E-state index in [9.17, 15) is 4.79 Å². The van der Waals surface area contributed by atoms with Gasteiger partial charge in [-0.1, -0.05) is 30.3 Å². The fourth-order valence-corrected chi connectivity index (χ4v) is 4.42. The van der Waals surface area contributed by atoms with Crippen molar-refractivity contribution in [1.82, 2.24) is 20.2 Å². The maximum atomic E-state index is 12.8. The molecule has 2 heterocycles. The highest BCUT2D eigenvalue weighted by Gasteiger charge is 2.40. The van der Waals surface area contributed by atoms with E-state index in [1.165, 1.54) is 5.56 Å². The summed E-state index contributed by atoms with van der Waals surface area (Å²) in [5.74, 6) is 2.56. The van der Waals surface area contributed by atoms with Crippen molar-refractivity contribution in [2.45, 2.75) is 18.4 Å². The minimum Gasteiger partial charge on any atom is -0.493 e. The fraction of sp³-hybridized carbons (Fsp3) is 0.375. The highest BCUT2D eigenvalue weighted by molar-refractivity contribution is 5.92. The van der Waals surface area contributed by atoms with E-state index in [1.54, 1.807) is 20.5 Å². The van der Waals surface area contributed by atoms with Gasteiger partial charge in [0.1, 0.15) is 12.1 Å². The highest BCUT2D eigenvalue weighted by Crippen LogP contribution is 2.40. The summed E-state index contributed by atoms with van der Waals surface area (Å²) in [4.78, 5) is 25.8. The van der Waals surface area contributed by atoms with Crippen molar-refractivity contribution < 1.29 is 14.3 Å². The Kier molecular flexibility index (Phi) is 5.43. The lowest BCUT2D eigenvalue weighted by atomic mass is 10.1. The van der Waals surface area contributed by atoms with Crippen LogP contribution in [0.3, 0.4) is 0 Å². The van der Waals surface area contributed by atoms with Crippen LogP contribution < -0.4 is 19.7 Å². The number of hydrogen-bond acceptors (Lipinski definition) is 6. The number of fused-ring (bicyclic) bond motifs is 1. The van der Waals surface area contributed by atoms with Gasteiger partial charge in [-0.15, -0.1) is 0 Å². The van der Waals surface area contributed by atoms with E-state index in [1.807, 2.05) is 35.2 Å². The Morgan fingerprint density at radius 3 is 2.44 bits per heavy atom. The number of anilines is 1. The predicted molar refractivity (Wildman–Crippen MR) is 123 cm³/mol. The zero-order valence-corrected chi connectivity index (χ0v) is 18.3. The monoisotopic (exact) mass is 433 g/mol. The van der Waals surface area contributed by atoms with Gasteiger partial charge in [0, 0.05) is 49.6 Å². The number of piperazine rings is 1. The molecule has 8 heteroatoms. The second-order valence-corrected chi connectivity index (χ2v) is 8.20. The number of carbonyl (C=O) groups is 1. The summed E-state index contributed by atoms with van der Waals surface area (Å²) in [6.07, 6.45) is 2.58. The average Bonchev–Trinajstić information content (AvgIpc) is 3.62. The normalized spacial score (nSPS) is 20.2. The van der Waals surface area contributed by atoms with Crippen LogP contribution in [0.1, 0.15) is 17.9 Å². The molecule has 2 aliphatic rings. The van der Waals surface area contributed by atoms with Crippen LogP contribution >= 0.6 is 0 Å². The van der Waals surface area contributed by atoms with Gasteiger partial charge in [-0.25, -0.2) is 14.8 Å². The summed E-state index contributed by atoms with van der Waals surface area (Å²) < 4.78 is 10.9. The molecule has 0 radical (unpaired) electrons. The first-order valence-electron chi connectivity index (χ1n) is 10.9. The Bertz CT molecular complexity index is 1120. The third-order valence-electron chi connectivity index (χ3n) is 6.31. The van der Waals surface area contributed by atoms with Gasteiger partial charge >= 0.3 is 6.03 Å². The number of amides is 2. The van der Waals surface area contributed by atoms with E-state index in [2.05, 4.69) is 32.3 Å². The summed E-state index contributed by atoms with van der Waals surface area (Å²) >= 11 is 0. The Morgan fingerprint density at radius 2 is 1.72 bits per heavy atom. The number of carbonyl (C=O) groups excluding carboxylic acids is 1. The van der Waals surface area contributed by atoms with Crippen molar-refractivity contribution in [2.75, 3.05) is 45.3 Å². The first-order chi connectivity index (χ1) is 15.7. The third-order valence-corrected chi connectivity index (χ3v) is 6.31. The molecule has 0 spiro atoms. The van der Waals surface area contributed by atoms with Crippen LogP contribution in [-0.4, -0.2) is 67.3 Å². The molecular formula is C24H27N5O3. The van der Waals surface area contributed by atoms with E-state index in [0.717, 1.165) is 23.1 Å². The maximum Gasteiger partial charge on any atom is 0.317 e.